The molecule has 0 radical (unpaired) electrons. The molecule has 0 saturated carbocycles. The van der Waals surface area contributed by atoms with Crippen LogP contribution in [0.5, 0.6) is 0 Å². The third-order valence-electron chi connectivity index (χ3n) is 5.02. The summed E-state index contributed by atoms with van der Waals surface area (Å²) in [7, 11) is 0. The first-order valence-corrected chi connectivity index (χ1v) is 8.72. The monoisotopic (exact) mass is 353 g/mol. The summed E-state index contributed by atoms with van der Waals surface area (Å²) in [6, 6.07) is 13.7. The molecule has 1 aliphatic carbocycles. The Bertz CT molecular complexity index is 762. The minimum atomic E-state index is 0.381. The smallest absolute Gasteiger partial charge is 0.0554 e. The van der Waals surface area contributed by atoms with E-state index in [0.717, 1.165) is 10.9 Å². The van der Waals surface area contributed by atoms with Gasteiger partial charge in [0, 0.05) is 16.1 Å². The van der Waals surface area contributed by atoms with E-state index < -0.39 is 0 Å². The first-order valence-electron chi connectivity index (χ1n) is 7.93. The Morgan fingerprint density at radius 2 is 2.00 bits per heavy atom. The van der Waals surface area contributed by atoms with Crippen molar-refractivity contribution in [2.24, 2.45) is 5.92 Å². The fourth-order valence-electron chi connectivity index (χ4n) is 4.10. The Kier molecular flexibility index (Phi) is 3.37. The SMILES string of the molecule is Cc1cc(C)c2c(c1)[C@@H]1C=CC[C@H]1[C@H](c1cccc(Br)c1)N2. The molecule has 3 atom stereocenters. The molecule has 2 heteroatoms. The van der Waals surface area contributed by atoms with Crippen molar-refractivity contribution in [3.8, 4) is 0 Å². The average molecular weight is 354 g/mol. The number of nitrogens with one attached hydrogen (secondary N) is 1. The maximum Gasteiger partial charge on any atom is 0.0554 e. The van der Waals surface area contributed by atoms with Gasteiger partial charge in [0.25, 0.3) is 0 Å². The summed E-state index contributed by atoms with van der Waals surface area (Å²) in [6.45, 7) is 4.41. The largest absolute Gasteiger partial charge is 0.377 e. The van der Waals surface area contributed by atoms with Gasteiger partial charge in [0.2, 0.25) is 0 Å². The van der Waals surface area contributed by atoms with E-state index in [0.29, 0.717) is 17.9 Å². The van der Waals surface area contributed by atoms with E-state index in [1.54, 1.807) is 0 Å². The van der Waals surface area contributed by atoms with Crippen molar-refractivity contribution in [3.05, 3.63) is 75.3 Å². The molecule has 22 heavy (non-hydrogen) atoms. The molecular formula is C20H20BrN. The number of hydrogen-bond donors (Lipinski definition) is 1. The van der Waals surface area contributed by atoms with Gasteiger partial charge in [-0.2, -0.15) is 0 Å². The predicted molar refractivity (Wildman–Crippen MR) is 96.4 cm³/mol. The fraction of sp³-hybridized carbons (Fsp3) is 0.300. The van der Waals surface area contributed by atoms with Crippen LogP contribution in [0.25, 0.3) is 0 Å². The lowest BCUT2D eigenvalue weighted by molar-refractivity contribution is 0.425. The molecule has 2 aromatic rings. The van der Waals surface area contributed by atoms with Crippen LogP contribution in [0.15, 0.2) is 53.0 Å². The molecule has 4 rings (SSSR count). The van der Waals surface area contributed by atoms with Crippen molar-refractivity contribution in [2.45, 2.75) is 32.2 Å². The Labute approximate surface area is 140 Å². The van der Waals surface area contributed by atoms with Crippen molar-refractivity contribution in [1.29, 1.82) is 0 Å². The number of halogens is 1. The van der Waals surface area contributed by atoms with Crippen molar-refractivity contribution in [3.63, 3.8) is 0 Å². The summed E-state index contributed by atoms with van der Waals surface area (Å²) in [6.07, 6.45) is 5.92. The molecule has 1 heterocycles. The molecule has 1 N–H and O–H groups in total. The molecule has 0 bridgehead atoms. The molecule has 1 nitrogen and oxygen atoms in total. The van der Waals surface area contributed by atoms with Gasteiger partial charge in [-0.3, -0.25) is 0 Å². The van der Waals surface area contributed by atoms with Crippen LogP contribution >= 0.6 is 15.9 Å². The lowest BCUT2D eigenvalue weighted by Gasteiger charge is -2.38. The summed E-state index contributed by atoms with van der Waals surface area (Å²) in [5, 5.41) is 3.85. The normalized spacial score (nSPS) is 25.5. The highest BCUT2D eigenvalue weighted by atomic mass is 79.9. The lowest BCUT2D eigenvalue weighted by atomic mass is 9.76. The van der Waals surface area contributed by atoms with Crippen molar-refractivity contribution in [2.75, 3.05) is 5.32 Å². The highest BCUT2D eigenvalue weighted by molar-refractivity contribution is 9.10. The summed E-state index contributed by atoms with van der Waals surface area (Å²) in [5.74, 6) is 1.15. The van der Waals surface area contributed by atoms with Crippen LogP contribution in [0.1, 0.15) is 40.6 Å². The molecule has 0 amide bonds. The Balaban J connectivity index is 1.84. The van der Waals surface area contributed by atoms with Gasteiger partial charge in [0.1, 0.15) is 0 Å². The van der Waals surface area contributed by atoms with Gasteiger partial charge in [-0.05, 0) is 55.0 Å². The van der Waals surface area contributed by atoms with Gasteiger partial charge in [-0.25, -0.2) is 0 Å². The van der Waals surface area contributed by atoms with Crippen LogP contribution in [0.4, 0.5) is 5.69 Å². The highest BCUT2D eigenvalue weighted by Gasteiger charge is 2.38. The second-order valence-electron chi connectivity index (χ2n) is 6.58. The minimum Gasteiger partial charge on any atom is -0.377 e. The van der Waals surface area contributed by atoms with E-state index >= 15 is 0 Å². The van der Waals surface area contributed by atoms with Crippen LogP contribution in [0.2, 0.25) is 0 Å². The molecule has 0 unspecified atom stereocenters. The van der Waals surface area contributed by atoms with Crippen molar-refractivity contribution >= 4 is 21.6 Å². The average Bonchev–Trinajstić information content (AvgIpc) is 2.96. The topological polar surface area (TPSA) is 12.0 Å². The van der Waals surface area contributed by atoms with Gasteiger partial charge in [0.15, 0.2) is 0 Å². The highest BCUT2D eigenvalue weighted by Crippen LogP contribution is 2.50. The van der Waals surface area contributed by atoms with Crippen LogP contribution in [0, 0.1) is 19.8 Å². The number of fused-ring (bicyclic) bond motifs is 3. The van der Waals surface area contributed by atoms with Crippen molar-refractivity contribution in [1.82, 2.24) is 0 Å². The Hall–Kier alpha value is -1.54. The maximum absolute atomic E-state index is 3.85. The summed E-state index contributed by atoms with van der Waals surface area (Å²) >= 11 is 3.61. The number of rotatable bonds is 1. The third kappa shape index (κ3) is 2.21. The Morgan fingerprint density at radius 3 is 2.82 bits per heavy atom. The quantitative estimate of drug-likeness (QED) is 0.630. The Morgan fingerprint density at radius 1 is 1.14 bits per heavy atom. The third-order valence-corrected chi connectivity index (χ3v) is 5.51. The first kappa shape index (κ1) is 14.1. The first-order chi connectivity index (χ1) is 10.6. The van der Waals surface area contributed by atoms with Gasteiger partial charge in [-0.1, -0.05) is 57.9 Å². The molecule has 0 spiro atoms. The number of hydrogen-bond acceptors (Lipinski definition) is 1. The lowest BCUT2D eigenvalue weighted by Crippen LogP contribution is -2.29. The molecule has 0 saturated heterocycles. The van der Waals surface area contributed by atoms with Gasteiger partial charge in [0.05, 0.1) is 6.04 Å². The number of allylic oxidation sites excluding steroid dienone is 2. The molecule has 112 valence electrons. The maximum atomic E-state index is 3.85. The van der Waals surface area contributed by atoms with E-state index in [4.69, 9.17) is 0 Å². The fourth-order valence-corrected chi connectivity index (χ4v) is 4.52. The minimum absolute atomic E-state index is 0.381. The van der Waals surface area contributed by atoms with Gasteiger partial charge < -0.3 is 5.32 Å². The van der Waals surface area contributed by atoms with Gasteiger partial charge in [-0.15, -0.1) is 0 Å². The summed E-state index contributed by atoms with van der Waals surface area (Å²) < 4.78 is 1.15. The molecule has 0 aromatic heterocycles. The standard InChI is InChI=1S/C20H20BrN/c1-12-9-13(2)19-18(10-12)16-7-4-8-17(16)20(22-19)14-5-3-6-15(21)11-14/h3-7,9-11,16-17,20,22H,8H2,1-2H3/t16-,17-,20+/m1/s1. The van der Waals surface area contributed by atoms with E-state index in [1.807, 2.05) is 0 Å². The molecule has 0 fully saturated rings. The van der Waals surface area contributed by atoms with Gasteiger partial charge >= 0.3 is 0 Å². The van der Waals surface area contributed by atoms with E-state index in [-0.39, 0.29) is 0 Å². The zero-order valence-electron chi connectivity index (χ0n) is 12.9. The zero-order chi connectivity index (χ0) is 15.3. The predicted octanol–water partition coefficient (Wildman–Crippen LogP) is 5.89. The van der Waals surface area contributed by atoms with E-state index in [1.165, 1.54) is 27.9 Å². The van der Waals surface area contributed by atoms with Crippen LogP contribution in [-0.4, -0.2) is 0 Å². The number of benzene rings is 2. The number of anilines is 1. The second-order valence-corrected chi connectivity index (χ2v) is 7.49. The summed E-state index contributed by atoms with van der Waals surface area (Å²) in [4.78, 5) is 0. The molecule has 1 aliphatic heterocycles. The molecule has 2 aromatic carbocycles. The molecule has 2 aliphatic rings. The second kappa shape index (κ2) is 5.27. The van der Waals surface area contributed by atoms with E-state index in [2.05, 4.69) is 83.6 Å². The van der Waals surface area contributed by atoms with Crippen LogP contribution in [-0.2, 0) is 0 Å². The summed E-state index contributed by atoms with van der Waals surface area (Å²) in [5.41, 5.74) is 6.90. The van der Waals surface area contributed by atoms with Crippen LogP contribution in [0.3, 0.4) is 0 Å². The van der Waals surface area contributed by atoms with Crippen molar-refractivity contribution < 1.29 is 0 Å². The van der Waals surface area contributed by atoms with Crippen LogP contribution < -0.4 is 5.32 Å². The van der Waals surface area contributed by atoms with E-state index in [9.17, 15) is 0 Å². The molecular weight excluding hydrogens is 334 g/mol. The number of aryl methyl sites for hydroxylation is 2. The zero-order valence-corrected chi connectivity index (χ0v) is 14.5.